The van der Waals surface area contributed by atoms with Crippen LogP contribution in [0.25, 0.3) is 0 Å². The summed E-state index contributed by atoms with van der Waals surface area (Å²) in [6.07, 6.45) is 2.11. The molecule has 0 N–H and O–H groups in total. The molecule has 1 aromatic rings. The van der Waals surface area contributed by atoms with Crippen LogP contribution in [0.15, 0.2) is 41.3 Å². The SMILES string of the molecule is COC(=O)/C=C/C(=O)c1ccc(S(=O)(=O)CC(C)C)cc1. The summed E-state index contributed by atoms with van der Waals surface area (Å²) < 4.78 is 28.4. The van der Waals surface area contributed by atoms with Crippen molar-refractivity contribution in [1.82, 2.24) is 0 Å². The molecular weight excluding hydrogens is 292 g/mol. The van der Waals surface area contributed by atoms with E-state index < -0.39 is 21.6 Å². The predicted molar refractivity (Wildman–Crippen MR) is 78.8 cm³/mol. The fraction of sp³-hybridized carbons (Fsp3) is 0.333. The van der Waals surface area contributed by atoms with Crippen LogP contribution in [0.5, 0.6) is 0 Å². The van der Waals surface area contributed by atoms with Gasteiger partial charge in [0.05, 0.1) is 17.8 Å². The summed E-state index contributed by atoms with van der Waals surface area (Å²) in [5, 5.41) is 0. The van der Waals surface area contributed by atoms with Gasteiger partial charge in [0.1, 0.15) is 0 Å². The molecule has 21 heavy (non-hydrogen) atoms. The summed E-state index contributed by atoms with van der Waals surface area (Å²) in [6, 6.07) is 5.65. The van der Waals surface area contributed by atoms with Gasteiger partial charge in [-0.2, -0.15) is 0 Å². The van der Waals surface area contributed by atoms with E-state index in [1.54, 1.807) is 0 Å². The van der Waals surface area contributed by atoms with Crippen molar-refractivity contribution >= 4 is 21.6 Å². The average molecular weight is 310 g/mol. The van der Waals surface area contributed by atoms with Gasteiger partial charge in [-0.25, -0.2) is 13.2 Å². The first-order chi connectivity index (χ1) is 9.76. The number of ketones is 1. The number of esters is 1. The number of hydrogen-bond acceptors (Lipinski definition) is 5. The van der Waals surface area contributed by atoms with Crippen molar-refractivity contribution in [2.75, 3.05) is 12.9 Å². The van der Waals surface area contributed by atoms with Crippen LogP contribution in [0, 0.1) is 5.92 Å². The third-order valence-electron chi connectivity index (χ3n) is 2.62. The maximum Gasteiger partial charge on any atom is 0.330 e. The number of rotatable bonds is 6. The van der Waals surface area contributed by atoms with Gasteiger partial charge in [-0.15, -0.1) is 0 Å². The summed E-state index contributed by atoms with van der Waals surface area (Å²) in [7, 11) is -2.12. The normalized spacial score (nSPS) is 11.8. The van der Waals surface area contributed by atoms with Crippen molar-refractivity contribution in [3.63, 3.8) is 0 Å². The van der Waals surface area contributed by atoms with E-state index in [0.717, 1.165) is 12.2 Å². The van der Waals surface area contributed by atoms with E-state index in [1.165, 1.54) is 31.4 Å². The number of ether oxygens (including phenoxy) is 1. The Kier molecular flexibility index (Phi) is 5.84. The van der Waals surface area contributed by atoms with Crippen LogP contribution < -0.4 is 0 Å². The van der Waals surface area contributed by atoms with Crippen LogP contribution in [0.2, 0.25) is 0 Å². The zero-order valence-corrected chi connectivity index (χ0v) is 13.0. The Morgan fingerprint density at radius 1 is 1.14 bits per heavy atom. The molecule has 6 heteroatoms. The van der Waals surface area contributed by atoms with Crippen LogP contribution in [0.4, 0.5) is 0 Å². The second-order valence-corrected chi connectivity index (χ2v) is 6.95. The zero-order chi connectivity index (χ0) is 16.0. The number of methoxy groups -OCH3 is 1. The van der Waals surface area contributed by atoms with Crippen LogP contribution >= 0.6 is 0 Å². The minimum atomic E-state index is -3.34. The third kappa shape index (κ3) is 5.15. The van der Waals surface area contributed by atoms with Gasteiger partial charge >= 0.3 is 5.97 Å². The standard InChI is InChI=1S/C15H18O5S/c1-11(2)10-21(18,19)13-6-4-12(5-7-13)14(16)8-9-15(17)20-3/h4-9,11H,10H2,1-3H3/b9-8+. The second-order valence-electron chi connectivity index (χ2n) is 4.92. The van der Waals surface area contributed by atoms with Crippen molar-refractivity contribution in [2.45, 2.75) is 18.7 Å². The Bertz CT molecular complexity index is 639. The van der Waals surface area contributed by atoms with Crippen molar-refractivity contribution in [2.24, 2.45) is 5.92 Å². The topological polar surface area (TPSA) is 77.5 Å². The average Bonchev–Trinajstić information content (AvgIpc) is 2.43. The number of hydrogen-bond donors (Lipinski definition) is 0. The highest BCUT2D eigenvalue weighted by atomic mass is 32.2. The molecule has 0 fully saturated rings. The first kappa shape index (κ1) is 17.1. The summed E-state index contributed by atoms with van der Waals surface area (Å²) in [6.45, 7) is 3.65. The van der Waals surface area contributed by atoms with Gasteiger partial charge in [-0.05, 0) is 36.3 Å². The number of carbonyl (C=O) groups is 2. The second kappa shape index (κ2) is 7.17. The summed E-state index contributed by atoms with van der Waals surface area (Å²) in [5.74, 6) is -0.935. The van der Waals surface area contributed by atoms with Gasteiger partial charge < -0.3 is 4.74 Å². The van der Waals surface area contributed by atoms with Gasteiger partial charge in [0.2, 0.25) is 0 Å². The lowest BCUT2D eigenvalue weighted by Gasteiger charge is -2.07. The van der Waals surface area contributed by atoms with Crippen molar-refractivity contribution < 1.29 is 22.7 Å². The lowest BCUT2D eigenvalue weighted by Crippen LogP contribution is -2.12. The van der Waals surface area contributed by atoms with Gasteiger partial charge in [-0.1, -0.05) is 13.8 Å². The maximum absolute atomic E-state index is 12.0. The molecule has 0 aliphatic heterocycles. The Morgan fingerprint density at radius 3 is 2.19 bits per heavy atom. The Morgan fingerprint density at radius 2 is 1.71 bits per heavy atom. The first-order valence-electron chi connectivity index (χ1n) is 6.39. The summed E-state index contributed by atoms with van der Waals surface area (Å²) in [5.41, 5.74) is 0.304. The van der Waals surface area contributed by atoms with E-state index in [1.807, 2.05) is 13.8 Å². The fourth-order valence-corrected chi connectivity index (χ4v) is 3.29. The number of benzene rings is 1. The van der Waals surface area contributed by atoms with Crippen molar-refractivity contribution in [3.8, 4) is 0 Å². The molecular formula is C15H18O5S. The van der Waals surface area contributed by atoms with Crippen molar-refractivity contribution in [1.29, 1.82) is 0 Å². The smallest absolute Gasteiger partial charge is 0.330 e. The third-order valence-corrected chi connectivity index (χ3v) is 4.72. The molecule has 0 amide bonds. The van der Waals surface area contributed by atoms with E-state index >= 15 is 0 Å². The molecule has 0 atom stereocenters. The molecule has 1 aromatic carbocycles. The van der Waals surface area contributed by atoms with Gasteiger partial charge in [0.25, 0.3) is 0 Å². The molecule has 0 heterocycles. The number of allylic oxidation sites excluding steroid dienone is 1. The maximum atomic E-state index is 12.0. The molecule has 5 nitrogen and oxygen atoms in total. The molecule has 0 saturated heterocycles. The zero-order valence-electron chi connectivity index (χ0n) is 12.2. The minimum absolute atomic E-state index is 0.0271. The highest BCUT2D eigenvalue weighted by Gasteiger charge is 2.16. The van der Waals surface area contributed by atoms with Gasteiger partial charge in [0.15, 0.2) is 15.6 Å². The highest BCUT2D eigenvalue weighted by Crippen LogP contribution is 2.15. The van der Waals surface area contributed by atoms with Crippen LogP contribution in [0.3, 0.4) is 0 Å². The molecule has 1 rings (SSSR count). The summed E-state index contributed by atoms with van der Waals surface area (Å²) >= 11 is 0. The molecule has 0 unspecified atom stereocenters. The quantitative estimate of drug-likeness (QED) is 0.456. The minimum Gasteiger partial charge on any atom is -0.466 e. The lowest BCUT2D eigenvalue weighted by molar-refractivity contribution is -0.134. The lowest BCUT2D eigenvalue weighted by atomic mass is 10.1. The van der Waals surface area contributed by atoms with Crippen molar-refractivity contribution in [3.05, 3.63) is 42.0 Å². The van der Waals surface area contributed by atoms with E-state index in [4.69, 9.17) is 0 Å². The highest BCUT2D eigenvalue weighted by molar-refractivity contribution is 7.91. The number of sulfone groups is 1. The van der Waals surface area contributed by atoms with Crippen LogP contribution in [-0.4, -0.2) is 33.0 Å². The summed E-state index contributed by atoms with van der Waals surface area (Å²) in [4.78, 5) is 22.8. The Labute approximate surface area is 124 Å². The van der Waals surface area contributed by atoms with Gasteiger partial charge in [0, 0.05) is 11.6 Å². The van der Waals surface area contributed by atoms with Gasteiger partial charge in [-0.3, -0.25) is 4.79 Å². The van der Waals surface area contributed by atoms with Crippen LogP contribution in [0.1, 0.15) is 24.2 Å². The predicted octanol–water partition coefficient (Wildman–Crippen LogP) is 2.03. The van der Waals surface area contributed by atoms with E-state index in [9.17, 15) is 18.0 Å². The molecule has 0 aromatic heterocycles. The van der Waals surface area contributed by atoms with E-state index in [-0.39, 0.29) is 16.6 Å². The Hall–Kier alpha value is -1.95. The van der Waals surface area contributed by atoms with E-state index in [0.29, 0.717) is 5.56 Å². The molecule has 0 saturated carbocycles. The van der Waals surface area contributed by atoms with Crippen LogP contribution in [-0.2, 0) is 19.4 Å². The molecule has 0 aliphatic carbocycles. The molecule has 0 radical (unpaired) electrons. The molecule has 114 valence electrons. The monoisotopic (exact) mass is 310 g/mol. The largest absolute Gasteiger partial charge is 0.466 e. The molecule has 0 spiro atoms. The first-order valence-corrected chi connectivity index (χ1v) is 8.04. The fourth-order valence-electron chi connectivity index (χ4n) is 1.67. The number of carbonyl (C=O) groups excluding carboxylic acids is 2. The van der Waals surface area contributed by atoms with E-state index in [2.05, 4.69) is 4.74 Å². The Balaban J connectivity index is 2.90. The molecule has 0 aliphatic rings. The molecule has 0 bridgehead atoms.